The molecule has 1 aliphatic heterocycles. The Labute approximate surface area is 150 Å². The second-order valence-electron chi connectivity index (χ2n) is 6.53. The molecule has 2 rings (SSSR count). The fraction of sp³-hybridized carbons (Fsp3) is 0.667. The molecule has 2 N–H and O–H groups in total. The van der Waals surface area contributed by atoms with Crippen molar-refractivity contribution in [3.63, 3.8) is 0 Å². The van der Waals surface area contributed by atoms with Crippen molar-refractivity contribution in [3.8, 4) is 0 Å². The summed E-state index contributed by atoms with van der Waals surface area (Å²) in [5.41, 5.74) is 1.24. The molecule has 0 saturated carbocycles. The van der Waals surface area contributed by atoms with Gasteiger partial charge in [0.1, 0.15) is 0 Å². The van der Waals surface area contributed by atoms with Crippen LogP contribution >= 0.6 is 11.3 Å². The van der Waals surface area contributed by atoms with Gasteiger partial charge >= 0.3 is 0 Å². The van der Waals surface area contributed by atoms with Gasteiger partial charge in [0.25, 0.3) is 0 Å². The normalized spacial score (nSPS) is 17.0. The molecule has 1 aliphatic rings. The fourth-order valence-corrected chi connectivity index (χ4v) is 3.69. The number of nitrogens with one attached hydrogen (secondary N) is 2. The van der Waals surface area contributed by atoms with Gasteiger partial charge in [-0.1, -0.05) is 12.2 Å². The molecule has 0 atom stereocenters. The van der Waals surface area contributed by atoms with Gasteiger partial charge in [-0.3, -0.25) is 9.89 Å². The van der Waals surface area contributed by atoms with E-state index in [4.69, 9.17) is 4.99 Å². The zero-order valence-electron chi connectivity index (χ0n) is 15.3. The Kier molecular flexibility index (Phi) is 7.72. The Hall–Kier alpha value is -1.40. The monoisotopic (exact) mass is 349 g/mol. The Morgan fingerprint density at radius 2 is 2.21 bits per heavy atom. The topological polar surface area (TPSA) is 52.5 Å². The minimum absolute atomic E-state index is 0.506. The number of nitrogens with zero attached hydrogens (tertiary/aromatic N) is 3. The van der Waals surface area contributed by atoms with Gasteiger partial charge in [0.15, 0.2) is 5.96 Å². The van der Waals surface area contributed by atoms with Gasteiger partial charge in [0.05, 0.1) is 5.01 Å². The molecular weight excluding hydrogens is 318 g/mol. The fourth-order valence-electron chi connectivity index (χ4n) is 2.91. The van der Waals surface area contributed by atoms with Crippen LogP contribution in [0.3, 0.4) is 0 Å². The molecule has 6 heteroatoms. The highest BCUT2D eigenvalue weighted by Crippen LogP contribution is 2.12. The van der Waals surface area contributed by atoms with E-state index >= 15 is 0 Å². The van der Waals surface area contributed by atoms with E-state index in [1.165, 1.54) is 15.5 Å². The quantitative estimate of drug-likeness (QED) is 0.451. The van der Waals surface area contributed by atoms with Gasteiger partial charge in [0.2, 0.25) is 0 Å². The highest BCUT2D eigenvalue weighted by Gasteiger charge is 2.19. The number of guanidine groups is 1. The molecule has 0 unspecified atom stereocenters. The standard InChI is InChI=1S/C18H31N5S/c1-5-19-18(20-9-6-17-21-12-15(4)24-17)22-16-7-10-23(11-8-16)13-14(2)3/h12,16H,2,5-11,13H2,1,3-4H3,(H2,19,20,22). The summed E-state index contributed by atoms with van der Waals surface area (Å²) in [4.78, 5) is 12.9. The third kappa shape index (κ3) is 6.61. The molecule has 0 aromatic carbocycles. The molecule has 1 aromatic heterocycles. The molecule has 5 nitrogen and oxygen atoms in total. The first kappa shape index (κ1) is 18.9. The Bertz CT molecular complexity index is 543. The van der Waals surface area contributed by atoms with Gasteiger partial charge in [-0.15, -0.1) is 11.3 Å². The lowest BCUT2D eigenvalue weighted by Crippen LogP contribution is -2.48. The van der Waals surface area contributed by atoms with E-state index in [0.29, 0.717) is 6.04 Å². The number of piperidine rings is 1. The summed E-state index contributed by atoms with van der Waals surface area (Å²) in [5.74, 6) is 0.934. The van der Waals surface area contributed by atoms with Crippen LogP contribution in [0, 0.1) is 6.92 Å². The minimum atomic E-state index is 0.506. The summed E-state index contributed by atoms with van der Waals surface area (Å²) in [6.45, 7) is 15.3. The maximum Gasteiger partial charge on any atom is 0.191 e. The van der Waals surface area contributed by atoms with E-state index in [0.717, 1.165) is 57.9 Å². The summed E-state index contributed by atoms with van der Waals surface area (Å²) in [5, 5.41) is 8.12. The van der Waals surface area contributed by atoms with Gasteiger partial charge < -0.3 is 10.6 Å². The maximum atomic E-state index is 4.71. The summed E-state index contributed by atoms with van der Waals surface area (Å²) < 4.78 is 0. The molecule has 2 heterocycles. The van der Waals surface area contributed by atoms with Crippen LogP contribution < -0.4 is 10.6 Å². The average Bonchev–Trinajstić information content (AvgIpc) is 2.94. The number of aliphatic imine (C=N–C) groups is 1. The van der Waals surface area contributed by atoms with Crippen LogP contribution in [-0.2, 0) is 6.42 Å². The zero-order chi connectivity index (χ0) is 17.4. The van der Waals surface area contributed by atoms with Crippen molar-refractivity contribution in [2.24, 2.45) is 4.99 Å². The highest BCUT2D eigenvalue weighted by atomic mass is 32.1. The molecule has 0 aliphatic carbocycles. The minimum Gasteiger partial charge on any atom is -0.357 e. The summed E-state index contributed by atoms with van der Waals surface area (Å²) in [7, 11) is 0. The smallest absolute Gasteiger partial charge is 0.191 e. The second kappa shape index (κ2) is 9.79. The molecule has 1 fully saturated rings. The first-order chi connectivity index (χ1) is 11.6. The largest absolute Gasteiger partial charge is 0.357 e. The van der Waals surface area contributed by atoms with Crippen LogP contribution in [0.1, 0.15) is 36.6 Å². The number of thiazole rings is 1. The number of hydrogen-bond donors (Lipinski definition) is 2. The van der Waals surface area contributed by atoms with Crippen LogP contribution in [0.4, 0.5) is 0 Å². The van der Waals surface area contributed by atoms with Crippen molar-refractivity contribution >= 4 is 17.3 Å². The summed E-state index contributed by atoms with van der Waals surface area (Å²) in [6, 6.07) is 0.506. The van der Waals surface area contributed by atoms with Crippen molar-refractivity contribution in [2.45, 2.75) is 46.1 Å². The van der Waals surface area contributed by atoms with Crippen LogP contribution in [-0.4, -0.2) is 54.6 Å². The molecule has 0 bridgehead atoms. The molecule has 0 radical (unpaired) electrons. The van der Waals surface area contributed by atoms with E-state index in [2.05, 4.69) is 47.9 Å². The summed E-state index contributed by atoms with van der Waals surface area (Å²) in [6.07, 6.45) is 5.16. The van der Waals surface area contributed by atoms with Gasteiger partial charge in [-0.2, -0.15) is 0 Å². The Balaban J connectivity index is 1.78. The molecule has 134 valence electrons. The third-order valence-corrected chi connectivity index (χ3v) is 5.00. The average molecular weight is 350 g/mol. The molecule has 24 heavy (non-hydrogen) atoms. The lowest BCUT2D eigenvalue weighted by molar-refractivity contribution is 0.221. The van der Waals surface area contributed by atoms with Crippen molar-refractivity contribution in [2.75, 3.05) is 32.7 Å². The van der Waals surface area contributed by atoms with Crippen LogP contribution in [0.15, 0.2) is 23.3 Å². The number of hydrogen-bond acceptors (Lipinski definition) is 4. The molecular formula is C18H31N5S. The molecule has 1 saturated heterocycles. The molecule has 1 aromatic rings. The van der Waals surface area contributed by atoms with E-state index in [1.54, 1.807) is 11.3 Å². The van der Waals surface area contributed by atoms with Crippen LogP contribution in [0.5, 0.6) is 0 Å². The van der Waals surface area contributed by atoms with Crippen molar-refractivity contribution in [1.29, 1.82) is 0 Å². The predicted molar refractivity (Wildman–Crippen MR) is 104 cm³/mol. The van der Waals surface area contributed by atoms with E-state index in [1.807, 2.05) is 6.20 Å². The number of aryl methyl sites for hydroxylation is 1. The van der Waals surface area contributed by atoms with Crippen molar-refractivity contribution < 1.29 is 0 Å². The van der Waals surface area contributed by atoms with Gasteiger partial charge in [0, 0.05) is 56.3 Å². The van der Waals surface area contributed by atoms with E-state index < -0.39 is 0 Å². The van der Waals surface area contributed by atoms with E-state index in [9.17, 15) is 0 Å². The molecule has 0 amide bonds. The van der Waals surface area contributed by atoms with Crippen LogP contribution in [0.25, 0.3) is 0 Å². The number of rotatable bonds is 7. The van der Waals surface area contributed by atoms with Crippen LogP contribution in [0.2, 0.25) is 0 Å². The zero-order valence-corrected chi connectivity index (χ0v) is 16.1. The van der Waals surface area contributed by atoms with Crippen molar-refractivity contribution in [3.05, 3.63) is 28.2 Å². The predicted octanol–water partition coefficient (Wildman–Crippen LogP) is 2.59. The number of likely N-dealkylation sites (tertiary alicyclic amines) is 1. The highest BCUT2D eigenvalue weighted by molar-refractivity contribution is 7.11. The lowest BCUT2D eigenvalue weighted by atomic mass is 10.0. The van der Waals surface area contributed by atoms with E-state index in [-0.39, 0.29) is 0 Å². The Morgan fingerprint density at radius 3 is 2.79 bits per heavy atom. The van der Waals surface area contributed by atoms with Gasteiger partial charge in [-0.05, 0) is 33.6 Å². The first-order valence-electron chi connectivity index (χ1n) is 8.89. The number of aromatic nitrogens is 1. The maximum absolute atomic E-state index is 4.71. The van der Waals surface area contributed by atoms with Gasteiger partial charge in [-0.25, -0.2) is 4.98 Å². The second-order valence-corrected chi connectivity index (χ2v) is 7.85. The Morgan fingerprint density at radius 1 is 1.46 bits per heavy atom. The molecule has 0 spiro atoms. The first-order valence-corrected chi connectivity index (χ1v) is 9.71. The third-order valence-electron chi connectivity index (χ3n) is 4.03. The summed E-state index contributed by atoms with van der Waals surface area (Å²) >= 11 is 1.76. The lowest BCUT2D eigenvalue weighted by Gasteiger charge is -2.33. The SMILES string of the molecule is C=C(C)CN1CCC(NC(=NCCc2ncc(C)s2)NCC)CC1. The van der Waals surface area contributed by atoms with Crippen molar-refractivity contribution in [1.82, 2.24) is 20.5 Å².